The van der Waals surface area contributed by atoms with E-state index in [9.17, 15) is 4.79 Å². The summed E-state index contributed by atoms with van der Waals surface area (Å²) in [5.74, 6) is 0.862. The van der Waals surface area contributed by atoms with E-state index in [1.165, 1.54) is 11.1 Å². The van der Waals surface area contributed by atoms with Crippen molar-refractivity contribution in [1.82, 2.24) is 15.2 Å². The molecule has 1 aliphatic heterocycles. The van der Waals surface area contributed by atoms with E-state index in [0.29, 0.717) is 17.5 Å². The van der Waals surface area contributed by atoms with Gasteiger partial charge in [0.05, 0.1) is 6.10 Å². The highest BCUT2D eigenvalue weighted by molar-refractivity contribution is 5.94. The SMILES string of the molecule is Cc1cc(N(C)C(=O)[C@H]2CC[C@H](Oc3ccnc(C#N)c3)CC2)ccc1CN1CCN[C@@H](C)C1. The topological polar surface area (TPSA) is 81.5 Å². The van der Waals surface area contributed by atoms with Crippen LogP contribution < -0.4 is 15.0 Å². The van der Waals surface area contributed by atoms with Gasteiger partial charge in [0.15, 0.2) is 0 Å². The molecule has 1 aromatic heterocycles. The minimum atomic E-state index is 0.0132. The van der Waals surface area contributed by atoms with Crippen LogP contribution in [0.25, 0.3) is 0 Å². The first-order valence-corrected chi connectivity index (χ1v) is 12.3. The highest BCUT2D eigenvalue weighted by Gasteiger charge is 2.30. The van der Waals surface area contributed by atoms with E-state index in [0.717, 1.165) is 57.5 Å². The van der Waals surface area contributed by atoms with Crippen molar-refractivity contribution in [2.24, 2.45) is 5.92 Å². The van der Waals surface area contributed by atoms with Crippen LogP contribution in [0.15, 0.2) is 36.5 Å². The number of rotatable bonds is 6. The number of hydrogen-bond acceptors (Lipinski definition) is 6. The lowest BCUT2D eigenvalue weighted by Crippen LogP contribution is -2.48. The molecule has 7 heteroatoms. The number of carbonyl (C=O) groups is 1. The smallest absolute Gasteiger partial charge is 0.229 e. The number of nitrogens with one attached hydrogen (secondary N) is 1. The van der Waals surface area contributed by atoms with Gasteiger partial charge in [-0.15, -0.1) is 0 Å². The van der Waals surface area contributed by atoms with E-state index in [-0.39, 0.29) is 17.9 Å². The van der Waals surface area contributed by atoms with Gasteiger partial charge < -0.3 is 15.0 Å². The largest absolute Gasteiger partial charge is 0.490 e. The number of aryl methyl sites for hydroxylation is 1. The zero-order valence-electron chi connectivity index (χ0n) is 20.5. The van der Waals surface area contributed by atoms with Gasteiger partial charge >= 0.3 is 0 Å². The van der Waals surface area contributed by atoms with Crippen LogP contribution in [0.4, 0.5) is 5.69 Å². The number of hydrogen-bond donors (Lipinski definition) is 1. The number of pyridine rings is 1. The Morgan fingerprint density at radius 1 is 1.26 bits per heavy atom. The number of carbonyl (C=O) groups excluding carboxylic acids is 1. The van der Waals surface area contributed by atoms with Gasteiger partial charge in [-0.2, -0.15) is 5.26 Å². The average Bonchev–Trinajstić information content (AvgIpc) is 2.85. The highest BCUT2D eigenvalue weighted by Crippen LogP contribution is 2.30. The molecule has 1 atom stereocenters. The van der Waals surface area contributed by atoms with Gasteiger partial charge in [0.25, 0.3) is 0 Å². The molecule has 1 aromatic carbocycles. The monoisotopic (exact) mass is 461 g/mol. The molecule has 34 heavy (non-hydrogen) atoms. The molecule has 0 radical (unpaired) electrons. The molecule has 1 amide bonds. The van der Waals surface area contributed by atoms with Crippen molar-refractivity contribution in [2.45, 2.75) is 58.2 Å². The minimum absolute atomic E-state index is 0.0132. The van der Waals surface area contributed by atoms with Crippen molar-refractivity contribution in [1.29, 1.82) is 5.26 Å². The number of aromatic nitrogens is 1. The number of benzene rings is 1. The number of anilines is 1. The summed E-state index contributed by atoms with van der Waals surface area (Å²) >= 11 is 0. The first kappa shape index (κ1) is 24.2. The summed E-state index contributed by atoms with van der Waals surface area (Å²) < 4.78 is 6.04. The normalized spacial score (nSPS) is 23.2. The van der Waals surface area contributed by atoms with Gasteiger partial charge in [-0.05, 0) is 68.9 Å². The van der Waals surface area contributed by atoms with Crippen molar-refractivity contribution in [3.05, 3.63) is 53.3 Å². The number of piperazine rings is 1. The van der Waals surface area contributed by atoms with Gasteiger partial charge in [0, 0.05) is 63.1 Å². The van der Waals surface area contributed by atoms with Crippen LogP contribution in [0.2, 0.25) is 0 Å². The maximum Gasteiger partial charge on any atom is 0.229 e. The molecule has 2 aromatic rings. The third kappa shape index (κ3) is 5.94. The van der Waals surface area contributed by atoms with Crippen LogP contribution >= 0.6 is 0 Å². The third-order valence-electron chi connectivity index (χ3n) is 7.06. The van der Waals surface area contributed by atoms with Crippen molar-refractivity contribution >= 4 is 11.6 Å². The van der Waals surface area contributed by atoms with Crippen LogP contribution in [0.5, 0.6) is 5.75 Å². The fraction of sp³-hybridized carbons (Fsp3) is 0.519. The Balaban J connectivity index is 1.31. The van der Waals surface area contributed by atoms with Gasteiger partial charge in [0.1, 0.15) is 17.5 Å². The Hall–Kier alpha value is -2.95. The first-order valence-electron chi connectivity index (χ1n) is 12.3. The zero-order valence-corrected chi connectivity index (χ0v) is 20.5. The maximum atomic E-state index is 13.2. The van der Waals surface area contributed by atoms with E-state index < -0.39 is 0 Å². The van der Waals surface area contributed by atoms with Crippen molar-refractivity contribution in [3.63, 3.8) is 0 Å². The lowest BCUT2D eigenvalue weighted by atomic mass is 9.86. The van der Waals surface area contributed by atoms with Crippen LogP contribution in [-0.4, -0.2) is 54.6 Å². The summed E-state index contributed by atoms with van der Waals surface area (Å²) in [6.07, 6.45) is 4.93. The lowest BCUT2D eigenvalue weighted by molar-refractivity contribution is -0.123. The summed E-state index contributed by atoms with van der Waals surface area (Å²) in [7, 11) is 1.89. The van der Waals surface area contributed by atoms with E-state index in [1.807, 2.05) is 18.0 Å². The molecule has 1 saturated heterocycles. The van der Waals surface area contributed by atoms with Crippen molar-refractivity contribution < 1.29 is 9.53 Å². The van der Waals surface area contributed by atoms with Crippen molar-refractivity contribution in [2.75, 3.05) is 31.6 Å². The van der Waals surface area contributed by atoms with Gasteiger partial charge in [-0.25, -0.2) is 4.98 Å². The first-order chi connectivity index (χ1) is 16.4. The molecule has 2 heterocycles. The molecule has 0 bridgehead atoms. The Labute approximate surface area is 202 Å². The standard InChI is InChI=1S/C27H35N5O2/c1-19-14-24(7-4-22(19)18-32-13-12-29-20(2)17-32)31(3)27(33)21-5-8-25(9-6-21)34-26-10-11-30-23(15-26)16-28/h4,7,10-11,14-15,20-21,25,29H,5-6,8-9,12-13,17-18H2,1-3H3/t20-,21-,25-/m0/s1. The molecule has 1 N–H and O–H groups in total. The molecule has 180 valence electrons. The summed E-state index contributed by atoms with van der Waals surface area (Å²) in [5.41, 5.74) is 3.87. The molecule has 7 nitrogen and oxygen atoms in total. The number of amides is 1. The molecule has 1 saturated carbocycles. The minimum Gasteiger partial charge on any atom is -0.490 e. The van der Waals surface area contributed by atoms with Crippen molar-refractivity contribution in [3.8, 4) is 11.8 Å². The van der Waals surface area contributed by atoms with E-state index in [2.05, 4.69) is 47.2 Å². The molecule has 2 aliphatic rings. The van der Waals surface area contributed by atoms with Gasteiger partial charge in [-0.3, -0.25) is 9.69 Å². The average molecular weight is 462 g/mol. The molecule has 0 unspecified atom stereocenters. The van der Waals surface area contributed by atoms with Gasteiger partial charge in [0.2, 0.25) is 5.91 Å². The summed E-state index contributed by atoms with van der Waals surface area (Å²) in [6, 6.07) is 12.4. The third-order valence-corrected chi connectivity index (χ3v) is 7.06. The van der Waals surface area contributed by atoms with Crippen LogP contribution in [-0.2, 0) is 11.3 Å². The van der Waals surface area contributed by atoms with Crippen LogP contribution in [0, 0.1) is 24.2 Å². The molecule has 4 rings (SSSR count). The second-order valence-corrected chi connectivity index (χ2v) is 9.68. The van der Waals surface area contributed by atoms with Crippen LogP contribution in [0.1, 0.15) is 49.4 Å². The molecular weight excluding hydrogens is 426 g/mol. The van der Waals surface area contributed by atoms with Gasteiger partial charge in [-0.1, -0.05) is 6.07 Å². The van der Waals surface area contributed by atoms with E-state index in [1.54, 1.807) is 18.3 Å². The second kappa shape index (κ2) is 11.0. The number of nitrogens with zero attached hydrogens (tertiary/aromatic N) is 4. The van der Waals surface area contributed by atoms with E-state index >= 15 is 0 Å². The summed E-state index contributed by atoms with van der Waals surface area (Å²) in [4.78, 5) is 21.5. The number of ether oxygens (including phenoxy) is 1. The molecule has 2 fully saturated rings. The Bertz CT molecular complexity index is 1040. The number of nitriles is 1. The summed E-state index contributed by atoms with van der Waals surface area (Å²) in [5, 5.41) is 12.5. The molecule has 0 spiro atoms. The zero-order chi connectivity index (χ0) is 24.1. The van der Waals surface area contributed by atoms with E-state index in [4.69, 9.17) is 10.00 Å². The summed E-state index contributed by atoms with van der Waals surface area (Å²) in [6.45, 7) is 8.48. The predicted octanol–water partition coefficient (Wildman–Crippen LogP) is 3.66. The maximum absolute atomic E-state index is 13.2. The molecule has 1 aliphatic carbocycles. The fourth-order valence-electron chi connectivity index (χ4n) is 5.03. The Morgan fingerprint density at radius 3 is 2.76 bits per heavy atom. The second-order valence-electron chi connectivity index (χ2n) is 9.68. The quantitative estimate of drug-likeness (QED) is 0.707. The fourth-order valence-corrected chi connectivity index (χ4v) is 5.03. The molecular formula is C27H35N5O2. The Morgan fingerprint density at radius 2 is 2.06 bits per heavy atom. The predicted molar refractivity (Wildman–Crippen MR) is 133 cm³/mol. The lowest BCUT2D eigenvalue weighted by Gasteiger charge is -2.32. The highest BCUT2D eigenvalue weighted by atomic mass is 16.5. The Kier molecular flexibility index (Phi) is 7.81. The van der Waals surface area contributed by atoms with Crippen LogP contribution in [0.3, 0.4) is 0 Å².